The zero-order chi connectivity index (χ0) is 27.0. The first-order valence-corrected chi connectivity index (χ1v) is 11.9. The summed E-state index contributed by atoms with van der Waals surface area (Å²) < 4.78 is 27.4. The average molecular weight is 528 g/mol. The van der Waals surface area contributed by atoms with Gasteiger partial charge in [-0.1, -0.05) is 48.9 Å². The first-order chi connectivity index (χ1) is 17.8. The summed E-state index contributed by atoms with van der Waals surface area (Å²) in [4.78, 5) is 27.8. The minimum absolute atomic E-state index is 0.130. The monoisotopic (exact) mass is 527 g/mol. The van der Waals surface area contributed by atoms with Crippen molar-refractivity contribution in [2.45, 2.75) is 18.9 Å². The van der Waals surface area contributed by atoms with Gasteiger partial charge in [-0.25, -0.2) is 9.59 Å². The van der Waals surface area contributed by atoms with Gasteiger partial charge < -0.3 is 23.7 Å². The lowest BCUT2D eigenvalue weighted by atomic mass is 9.86. The molecule has 0 bridgehead atoms. The van der Waals surface area contributed by atoms with Crippen LogP contribution < -0.4 is 18.9 Å². The number of carbonyl (C=O) groups excluding carboxylic acids is 2. The van der Waals surface area contributed by atoms with Crippen LogP contribution in [0.25, 0.3) is 0 Å². The van der Waals surface area contributed by atoms with E-state index in [1.54, 1.807) is 31.3 Å². The first-order valence-electron chi connectivity index (χ1n) is 11.5. The molecule has 3 aromatic carbocycles. The highest BCUT2D eigenvalue weighted by molar-refractivity contribution is 6.30. The van der Waals surface area contributed by atoms with E-state index in [4.69, 9.17) is 35.3 Å². The predicted octanol–water partition coefficient (Wildman–Crippen LogP) is 5.96. The number of hydrogen-bond acceptors (Lipinski definition) is 7. The Hall–Kier alpha value is -3.91. The van der Waals surface area contributed by atoms with Crippen molar-refractivity contribution in [3.8, 4) is 23.0 Å². The molecule has 1 atom stereocenters. The molecule has 0 heterocycles. The molecular formula is C28H30ClNO7. The van der Waals surface area contributed by atoms with Crippen molar-refractivity contribution < 1.29 is 33.3 Å². The lowest BCUT2D eigenvalue weighted by molar-refractivity contribution is 0.00886. The molecule has 0 aliphatic carbocycles. The second kappa shape index (κ2) is 12.4. The molecule has 3 rings (SSSR count). The Bertz CT molecular complexity index is 1190. The second-order valence-electron chi connectivity index (χ2n) is 8.12. The first kappa shape index (κ1) is 27.7. The molecule has 0 saturated heterocycles. The van der Waals surface area contributed by atoms with E-state index in [1.807, 2.05) is 37.3 Å². The Morgan fingerprint density at radius 2 is 1.49 bits per heavy atom. The van der Waals surface area contributed by atoms with E-state index < -0.39 is 17.6 Å². The van der Waals surface area contributed by atoms with Crippen LogP contribution in [0.1, 0.15) is 29.3 Å². The van der Waals surface area contributed by atoms with Crippen LogP contribution in [0.2, 0.25) is 5.02 Å². The zero-order valence-electron chi connectivity index (χ0n) is 21.4. The topological polar surface area (TPSA) is 83.5 Å². The second-order valence-corrected chi connectivity index (χ2v) is 8.56. The molecule has 0 radical (unpaired) electrons. The van der Waals surface area contributed by atoms with Gasteiger partial charge in [0.15, 0.2) is 11.5 Å². The normalized spacial score (nSPS) is 12.2. The highest BCUT2D eigenvalue weighted by Gasteiger charge is 2.40. The van der Waals surface area contributed by atoms with Gasteiger partial charge in [0.05, 0.1) is 26.9 Å². The lowest BCUT2D eigenvalue weighted by Crippen LogP contribution is -2.51. The number of rotatable bonds is 10. The van der Waals surface area contributed by atoms with E-state index in [0.29, 0.717) is 34.4 Å². The number of ether oxygens (including phenoxy) is 5. The SMILES string of the molecule is CCC(COC(=O)c1cc(OC)c(OC)c(OC)c1)(c1ccccc1)N(C)C(=O)Oc1ccc(Cl)cc1. The zero-order valence-corrected chi connectivity index (χ0v) is 22.2. The van der Waals surface area contributed by atoms with Gasteiger partial charge in [-0.3, -0.25) is 4.90 Å². The number of nitrogens with zero attached hydrogens (tertiary/aromatic N) is 1. The van der Waals surface area contributed by atoms with Gasteiger partial charge in [0.25, 0.3) is 0 Å². The van der Waals surface area contributed by atoms with E-state index in [9.17, 15) is 9.59 Å². The number of benzene rings is 3. The molecule has 0 N–H and O–H groups in total. The van der Waals surface area contributed by atoms with E-state index in [0.717, 1.165) is 5.56 Å². The molecule has 0 aliphatic rings. The third-order valence-corrected chi connectivity index (χ3v) is 6.43. The van der Waals surface area contributed by atoms with Crippen molar-refractivity contribution in [2.75, 3.05) is 35.0 Å². The van der Waals surface area contributed by atoms with Gasteiger partial charge in [-0.05, 0) is 48.4 Å². The van der Waals surface area contributed by atoms with Crippen LogP contribution in [0.4, 0.5) is 4.79 Å². The lowest BCUT2D eigenvalue weighted by Gasteiger charge is -2.40. The summed E-state index contributed by atoms with van der Waals surface area (Å²) in [7, 11) is 6.02. The van der Waals surface area contributed by atoms with Gasteiger partial charge in [0.2, 0.25) is 5.75 Å². The van der Waals surface area contributed by atoms with E-state index in [-0.39, 0.29) is 12.2 Å². The molecule has 8 nitrogen and oxygen atoms in total. The molecule has 0 saturated carbocycles. The fraction of sp³-hybridized carbons (Fsp3) is 0.286. The molecule has 1 unspecified atom stereocenters. The van der Waals surface area contributed by atoms with Crippen molar-refractivity contribution in [3.63, 3.8) is 0 Å². The standard InChI is InChI=1S/C28H30ClNO7/c1-6-28(20-10-8-7-9-11-20,30(2)27(32)37-22-14-12-21(29)13-15-22)18-36-26(31)19-16-23(33-3)25(35-5)24(17-19)34-4/h7-17H,6,18H2,1-5H3. The van der Waals surface area contributed by atoms with Crippen LogP contribution in [0, 0.1) is 0 Å². The molecule has 1 amide bonds. The van der Waals surface area contributed by atoms with Crippen LogP contribution in [-0.2, 0) is 10.3 Å². The van der Waals surface area contributed by atoms with Crippen LogP contribution >= 0.6 is 11.6 Å². The third kappa shape index (κ3) is 6.09. The summed E-state index contributed by atoms with van der Waals surface area (Å²) in [5.74, 6) is 0.726. The van der Waals surface area contributed by atoms with Gasteiger partial charge in [-0.15, -0.1) is 0 Å². The Balaban J connectivity index is 1.91. The number of carbonyl (C=O) groups is 2. The summed E-state index contributed by atoms with van der Waals surface area (Å²) in [6.45, 7) is 1.78. The summed E-state index contributed by atoms with van der Waals surface area (Å²) in [5.41, 5.74) is -0.0224. The molecule has 0 spiro atoms. The van der Waals surface area contributed by atoms with Crippen molar-refractivity contribution in [3.05, 3.63) is 82.9 Å². The van der Waals surface area contributed by atoms with Crippen LogP contribution in [0.15, 0.2) is 66.7 Å². The third-order valence-electron chi connectivity index (χ3n) is 6.17. The maximum absolute atomic E-state index is 13.2. The Morgan fingerprint density at radius 3 is 2.00 bits per heavy atom. The van der Waals surface area contributed by atoms with Crippen LogP contribution in [0.3, 0.4) is 0 Å². The molecule has 0 aromatic heterocycles. The fourth-order valence-corrected chi connectivity index (χ4v) is 4.11. The minimum Gasteiger partial charge on any atom is -0.493 e. The van der Waals surface area contributed by atoms with Crippen molar-refractivity contribution >= 4 is 23.7 Å². The smallest absolute Gasteiger partial charge is 0.415 e. The predicted molar refractivity (Wildman–Crippen MR) is 140 cm³/mol. The summed E-state index contributed by atoms with van der Waals surface area (Å²) in [6.07, 6.45) is -0.178. The van der Waals surface area contributed by atoms with E-state index in [1.165, 1.54) is 38.4 Å². The van der Waals surface area contributed by atoms with Gasteiger partial charge in [0, 0.05) is 12.1 Å². The largest absolute Gasteiger partial charge is 0.493 e. The Labute approximate surface area is 221 Å². The Kier molecular flexibility index (Phi) is 9.25. The van der Waals surface area contributed by atoms with Crippen molar-refractivity contribution in [1.29, 1.82) is 0 Å². The van der Waals surface area contributed by atoms with Crippen molar-refractivity contribution in [2.24, 2.45) is 0 Å². The summed E-state index contributed by atoms with van der Waals surface area (Å²) >= 11 is 5.94. The fourth-order valence-electron chi connectivity index (χ4n) is 3.98. The molecule has 9 heteroatoms. The molecule has 0 aliphatic heterocycles. The van der Waals surface area contributed by atoms with Gasteiger partial charge >= 0.3 is 12.1 Å². The van der Waals surface area contributed by atoms with E-state index in [2.05, 4.69) is 0 Å². The van der Waals surface area contributed by atoms with E-state index >= 15 is 0 Å². The molecule has 37 heavy (non-hydrogen) atoms. The number of likely N-dealkylation sites (N-methyl/N-ethyl adjacent to an activating group) is 1. The van der Waals surface area contributed by atoms with Gasteiger partial charge in [-0.2, -0.15) is 0 Å². The van der Waals surface area contributed by atoms with Crippen molar-refractivity contribution in [1.82, 2.24) is 4.90 Å². The maximum Gasteiger partial charge on any atom is 0.415 e. The minimum atomic E-state index is -1.01. The summed E-state index contributed by atoms with van der Waals surface area (Å²) in [6, 6.07) is 18.9. The Morgan fingerprint density at radius 1 is 0.892 bits per heavy atom. The number of amides is 1. The van der Waals surface area contributed by atoms with Crippen LogP contribution in [0.5, 0.6) is 23.0 Å². The molecule has 3 aromatic rings. The number of halogens is 1. The number of hydrogen-bond donors (Lipinski definition) is 0. The molecule has 196 valence electrons. The maximum atomic E-state index is 13.2. The highest BCUT2D eigenvalue weighted by atomic mass is 35.5. The number of methoxy groups -OCH3 is 3. The highest BCUT2D eigenvalue weighted by Crippen LogP contribution is 2.39. The molecule has 0 fully saturated rings. The van der Waals surface area contributed by atoms with Crippen LogP contribution in [-0.4, -0.2) is 51.9 Å². The number of esters is 1. The summed E-state index contributed by atoms with van der Waals surface area (Å²) in [5, 5.41) is 0.527. The quantitative estimate of drug-likeness (QED) is 0.301. The van der Waals surface area contributed by atoms with Gasteiger partial charge in [0.1, 0.15) is 17.9 Å². The molecular weight excluding hydrogens is 498 g/mol. The average Bonchev–Trinajstić information content (AvgIpc) is 2.94.